The average molecular weight is 733 g/mol. The van der Waals surface area contributed by atoms with Crippen molar-refractivity contribution in [2.75, 3.05) is 31.7 Å². The van der Waals surface area contributed by atoms with E-state index >= 15 is 0 Å². The molecule has 3 atom stereocenters. The van der Waals surface area contributed by atoms with Crippen LogP contribution in [0, 0.1) is 5.92 Å². The van der Waals surface area contributed by atoms with E-state index in [1.807, 2.05) is 0 Å². The Bertz CT molecular complexity index is 626. The minimum atomic E-state index is -0.184. The molecule has 1 aliphatic rings. The second-order valence-electron chi connectivity index (χ2n) is 14.3. The van der Waals surface area contributed by atoms with E-state index in [1.165, 1.54) is 165 Å². The summed E-state index contributed by atoms with van der Waals surface area (Å²) in [6.45, 7) is 9.05. The number of ether oxygens (including phenoxy) is 2. The van der Waals surface area contributed by atoms with Crippen molar-refractivity contribution in [3.63, 3.8) is 0 Å². The Morgan fingerprint density at radius 2 is 1.20 bits per heavy atom. The van der Waals surface area contributed by atoms with Crippen LogP contribution in [0.2, 0.25) is 0 Å². The topological polar surface area (TPSA) is 21.7 Å². The predicted octanol–water partition coefficient (Wildman–Crippen LogP) is 9.47. The van der Waals surface area contributed by atoms with E-state index in [-0.39, 0.29) is 25.0 Å². The van der Waals surface area contributed by atoms with Crippen LogP contribution in [0.1, 0.15) is 194 Å². The third-order valence-electron chi connectivity index (χ3n) is 9.38. The molecule has 0 bridgehead atoms. The average Bonchev–Trinajstić information content (AvgIpc) is 3.41. The first-order valence-corrected chi connectivity index (χ1v) is 22.3. The maximum atomic E-state index is 6.77. The van der Waals surface area contributed by atoms with Gasteiger partial charge in [-0.1, -0.05) is 52.4 Å². The van der Waals surface area contributed by atoms with Crippen LogP contribution in [0.5, 0.6) is 0 Å². The molecule has 0 aromatic carbocycles. The van der Waals surface area contributed by atoms with E-state index in [1.54, 1.807) is 0 Å². The number of nitrogens with zero attached hydrogens (tertiary/aromatic N) is 1. The van der Waals surface area contributed by atoms with Crippen LogP contribution in [-0.4, -0.2) is 46.5 Å². The molecule has 0 N–H and O–H groups in total. The number of allylic oxidation sites excluding steroid dienone is 2. The zero-order valence-electron chi connectivity index (χ0n) is 30.7. The van der Waals surface area contributed by atoms with Crippen LogP contribution in [-0.2, 0) is 9.47 Å². The van der Waals surface area contributed by atoms with Gasteiger partial charge in [0.15, 0.2) is 0 Å². The molecule has 0 aliphatic carbocycles. The van der Waals surface area contributed by atoms with Gasteiger partial charge >= 0.3 is 237 Å². The van der Waals surface area contributed by atoms with Crippen molar-refractivity contribution in [2.45, 2.75) is 204 Å². The van der Waals surface area contributed by atoms with Crippen LogP contribution in [0.3, 0.4) is 0 Å². The molecule has 0 aromatic heterocycles. The van der Waals surface area contributed by atoms with Gasteiger partial charge in [-0.15, -0.1) is 0 Å². The minimum absolute atomic E-state index is 0.0772. The van der Waals surface area contributed by atoms with Gasteiger partial charge in [0.25, 0.3) is 0 Å². The summed E-state index contributed by atoms with van der Waals surface area (Å²) in [7, 11) is 4.34. The Balaban J connectivity index is 2.19. The standard InChI is InChI=1S/C40H79INO2/c1-6-8-10-12-13-14-15-16-17-18-22-25-29-35-41-40(43-37-39(44-40)33-30-36-42(4)5)34-28-24-21-19-20-23-27-32-38(3)31-26-11-9-7-2/h14-15,38-39H,6-13,16-37H2,1-5H3/q-1/b15-14-. The molecule has 1 fully saturated rings. The zero-order chi connectivity index (χ0) is 32.0. The molecule has 0 spiro atoms. The Kier molecular flexibility index (Phi) is 29.5. The molecule has 1 heterocycles. The molecule has 1 rings (SSSR count). The van der Waals surface area contributed by atoms with Crippen molar-refractivity contribution >= 4 is 0 Å². The SMILES string of the molecule is CCCCCC/C=C\CCCCCCC[I-]C1(CCCCCCCCCC(C)CCCCCC)OCC(CCCN(C)C)O1. The first-order chi connectivity index (χ1) is 21.5. The zero-order valence-corrected chi connectivity index (χ0v) is 32.8. The van der Waals surface area contributed by atoms with Gasteiger partial charge in [0, 0.05) is 0 Å². The molecule has 44 heavy (non-hydrogen) atoms. The third kappa shape index (κ3) is 25.4. The maximum absolute atomic E-state index is 6.77. The van der Waals surface area contributed by atoms with E-state index in [0.29, 0.717) is 6.10 Å². The van der Waals surface area contributed by atoms with Crippen LogP contribution in [0.4, 0.5) is 0 Å². The van der Waals surface area contributed by atoms with E-state index < -0.39 is 0 Å². The summed E-state index contributed by atoms with van der Waals surface area (Å²) in [5, 5.41) is 0. The van der Waals surface area contributed by atoms with Gasteiger partial charge in [-0.25, -0.2) is 0 Å². The fourth-order valence-corrected chi connectivity index (χ4v) is 9.82. The second-order valence-corrected chi connectivity index (χ2v) is 17.8. The molecule has 0 saturated carbocycles. The summed E-state index contributed by atoms with van der Waals surface area (Å²) in [4.78, 5) is 2.29. The fraction of sp³-hybridized carbons (Fsp3) is 0.950. The molecule has 0 aromatic rings. The first-order valence-electron chi connectivity index (χ1n) is 19.7. The van der Waals surface area contributed by atoms with Gasteiger partial charge in [0.05, 0.1) is 0 Å². The van der Waals surface area contributed by atoms with Crippen LogP contribution in [0.15, 0.2) is 12.2 Å². The number of alkyl halides is 2. The molecule has 0 radical (unpaired) electrons. The second kappa shape index (κ2) is 30.7. The molecule has 1 aliphatic heterocycles. The quantitative estimate of drug-likeness (QED) is 0.0291. The predicted molar refractivity (Wildman–Crippen MR) is 191 cm³/mol. The Morgan fingerprint density at radius 1 is 0.682 bits per heavy atom. The molecule has 3 unspecified atom stereocenters. The molecule has 264 valence electrons. The molecular formula is C40H79INO2-. The Hall–Kier alpha value is 0.350. The van der Waals surface area contributed by atoms with E-state index in [9.17, 15) is 0 Å². The monoisotopic (exact) mass is 733 g/mol. The van der Waals surface area contributed by atoms with Crippen LogP contribution < -0.4 is 21.2 Å². The van der Waals surface area contributed by atoms with Gasteiger partial charge in [-0.05, 0) is 0 Å². The van der Waals surface area contributed by atoms with E-state index in [0.717, 1.165) is 31.9 Å². The van der Waals surface area contributed by atoms with Crippen molar-refractivity contribution in [1.82, 2.24) is 4.90 Å². The summed E-state index contributed by atoms with van der Waals surface area (Å²) < 4.78 is 14.5. The van der Waals surface area contributed by atoms with Crippen molar-refractivity contribution in [1.29, 1.82) is 0 Å². The molecule has 1 saturated heterocycles. The number of hydrogen-bond acceptors (Lipinski definition) is 3. The van der Waals surface area contributed by atoms with Crippen molar-refractivity contribution in [3.05, 3.63) is 12.2 Å². The van der Waals surface area contributed by atoms with Crippen molar-refractivity contribution < 1.29 is 30.7 Å². The van der Waals surface area contributed by atoms with Crippen molar-refractivity contribution in [3.8, 4) is 0 Å². The fourth-order valence-electron chi connectivity index (χ4n) is 6.38. The van der Waals surface area contributed by atoms with E-state index in [4.69, 9.17) is 9.47 Å². The van der Waals surface area contributed by atoms with Gasteiger partial charge in [0.2, 0.25) is 0 Å². The molecule has 0 amide bonds. The van der Waals surface area contributed by atoms with Crippen LogP contribution >= 0.6 is 0 Å². The third-order valence-corrected chi connectivity index (χ3v) is 12.9. The number of rotatable bonds is 33. The summed E-state index contributed by atoms with van der Waals surface area (Å²) >= 11 is -0.0772. The van der Waals surface area contributed by atoms with Gasteiger partial charge in [-0.2, -0.15) is 0 Å². The van der Waals surface area contributed by atoms with Gasteiger partial charge in [0.1, 0.15) is 0 Å². The summed E-state index contributed by atoms with van der Waals surface area (Å²) in [6, 6.07) is 0. The Morgan fingerprint density at radius 3 is 1.82 bits per heavy atom. The van der Waals surface area contributed by atoms with Gasteiger partial charge in [-0.3, -0.25) is 0 Å². The summed E-state index contributed by atoms with van der Waals surface area (Å²) in [6.07, 6.45) is 41.9. The van der Waals surface area contributed by atoms with E-state index in [2.05, 4.69) is 51.9 Å². The Labute approximate surface area is 288 Å². The summed E-state index contributed by atoms with van der Waals surface area (Å²) in [5.74, 6) is 0.932. The molecule has 3 nitrogen and oxygen atoms in total. The number of halogens is 1. The van der Waals surface area contributed by atoms with Gasteiger partial charge < -0.3 is 0 Å². The normalized spacial score (nSPS) is 19.6. The molecule has 4 heteroatoms. The van der Waals surface area contributed by atoms with Crippen molar-refractivity contribution in [2.24, 2.45) is 5.92 Å². The number of hydrogen-bond donors (Lipinski definition) is 0. The van der Waals surface area contributed by atoms with Crippen LogP contribution in [0.25, 0.3) is 0 Å². The first kappa shape index (κ1) is 42.4. The number of unbranched alkanes of at least 4 members (excludes halogenated alkanes) is 18. The molecular weight excluding hydrogens is 653 g/mol. The summed E-state index contributed by atoms with van der Waals surface area (Å²) in [5.41, 5.74) is 0.